The van der Waals surface area contributed by atoms with Crippen LogP contribution < -0.4 is 14.8 Å². The molecule has 136 valence electrons. The van der Waals surface area contributed by atoms with E-state index < -0.39 is 20.9 Å². The highest BCUT2D eigenvalue weighted by atomic mass is 32.2. The first kappa shape index (κ1) is 17.9. The fourth-order valence-electron chi connectivity index (χ4n) is 2.73. The smallest absolute Gasteiger partial charge is 0.335 e. The lowest BCUT2D eigenvalue weighted by Gasteiger charge is -2.22. The zero-order valence-corrected chi connectivity index (χ0v) is 14.4. The summed E-state index contributed by atoms with van der Waals surface area (Å²) in [4.78, 5) is 24.4. The molecule has 0 atom stereocenters. The van der Waals surface area contributed by atoms with Crippen LogP contribution in [0.2, 0.25) is 0 Å². The molecule has 0 unspecified atom stereocenters. The van der Waals surface area contributed by atoms with Gasteiger partial charge in [-0.3, -0.25) is 4.79 Å². The highest BCUT2D eigenvalue weighted by molar-refractivity contribution is 7.89. The maximum Gasteiger partial charge on any atom is 0.335 e. The van der Waals surface area contributed by atoms with Gasteiger partial charge in [0.25, 0.3) is 0 Å². The van der Waals surface area contributed by atoms with Crippen LogP contribution in [0.3, 0.4) is 0 Å². The summed E-state index contributed by atoms with van der Waals surface area (Å²) in [7, 11) is -4.31. The predicted octanol–water partition coefficient (Wildman–Crippen LogP) is 1.95. The van der Waals surface area contributed by atoms with E-state index in [4.69, 9.17) is 9.88 Å². The third kappa shape index (κ3) is 3.53. The summed E-state index contributed by atoms with van der Waals surface area (Å²) in [5.74, 6) is -1.42. The molecule has 1 fully saturated rings. The van der Waals surface area contributed by atoms with Crippen molar-refractivity contribution in [1.29, 1.82) is 0 Å². The van der Waals surface area contributed by atoms with Crippen molar-refractivity contribution in [2.24, 2.45) is 5.14 Å². The Balaban J connectivity index is 2.26. The van der Waals surface area contributed by atoms with E-state index in [0.717, 1.165) is 6.07 Å². The van der Waals surface area contributed by atoms with Crippen LogP contribution in [0.5, 0.6) is 11.5 Å². The zero-order chi connectivity index (χ0) is 18.9. The molecule has 8 nitrogen and oxygen atoms in total. The van der Waals surface area contributed by atoms with Crippen molar-refractivity contribution in [2.45, 2.75) is 17.7 Å². The fourth-order valence-corrected chi connectivity index (χ4v) is 3.43. The van der Waals surface area contributed by atoms with Gasteiger partial charge in [-0.25, -0.2) is 18.4 Å². The van der Waals surface area contributed by atoms with E-state index >= 15 is 0 Å². The van der Waals surface area contributed by atoms with E-state index in [-0.39, 0.29) is 29.3 Å². The Bertz CT molecular complexity index is 972. The number of sulfonamides is 1. The number of anilines is 1. The normalized spacial score (nSPS) is 14.5. The molecule has 0 saturated carbocycles. The van der Waals surface area contributed by atoms with Crippen LogP contribution in [-0.4, -0.2) is 31.9 Å². The van der Waals surface area contributed by atoms with Gasteiger partial charge in [-0.1, -0.05) is 18.2 Å². The number of hydrogen-bond acceptors (Lipinski definition) is 5. The van der Waals surface area contributed by atoms with Crippen molar-refractivity contribution in [3.63, 3.8) is 0 Å². The largest absolute Gasteiger partial charge is 0.478 e. The number of carboxylic acids is 1. The second kappa shape index (κ2) is 6.77. The molecule has 1 amide bonds. The number of nitrogens with two attached hydrogens (primary N) is 1. The molecule has 1 heterocycles. The summed E-state index contributed by atoms with van der Waals surface area (Å²) in [6.45, 7) is 0.330. The molecule has 0 bridgehead atoms. The molecule has 0 aromatic heterocycles. The Hall–Kier alpha value is -2.91. The van der Waals surface area contributed by atoms with E-state index in [9.17, 15) is 23.1 Å². The third-order valence-corrected chi connectivity index (χ3v) is 4.83. The quantitative estimate of drug-likeness (QED) is 0.821. The molecule has 2 aromatic carbocycles. The SMILES string of the molecule is NS(=O)(=O)c1cc(C(=O)O)cc(N2CCCC2=O)c1Oc1ccccc1. The fraction of sp³-hybridized carbons (Fsp3) is 0.176. The van der Waals surface area contributed by atoms with Crippen LogP contribution >= 0.6 is 0 Å². The standard InChI is InChI=1S/C17H16N2O6S/c18-26(23,24)14-10-11(17(21)22)9-13(19-8-4-7-15(19)20)16(14)25-12-5-2-1-3-6-12/h1-3,5-6,9-10H,4,7-8H2,(H,21,22)(H2,18,23,24). The van der Waals surface area contributed by atoms with Gasteiger partial charge < -0.3 is 14.7 Å². The lowest BCUT2D eigenvalue weighted by molar-refractivity contribution is -0.117. The number of ether oxygens (including phenoxy) is 1. The van der Waals surface area contributed by atoms with Crippen molar-refractivity contribution in [3.8, 4) is 11.5 Å². The summed E-state index contributed by atoms with van der Waals surface area (Å²) in [5.41, 5.74) is -0.232. The van der Waals surface area contributed by atoms with E-state index in [1.807, 2.05) is 0 Å². The first-order valence-electron chi connectivity index (χ1n) is 7.75. The van der Waals surface area contributed by atoms with Gasteiger partial charge in [0.2, 0.25) is 15.9 Å². The Kier molecular flexibility index (Phi) is 4.66. The number of amides is 1. The average molecular weight is 376 g/mol. The lowest BCUT2D eigenvalue weighted by Crippen LogP contribution is -2.26. The molecule has 0 spiro atoms. The number of nitrogens with zero attached hydrogens (tertiary/aromatic N) is 1. The summed E-state index contributed by atoms with van der Waals surface area (Å²) < 4.78 is 29.9. The molecule has 2 aromatic rings. The van der Waals surface area contributed by atoms with Gasteiger partial charge in [0.15, 0.2) is 5.75 Å². The molecule has 26 heavy (non-hydrogen) atoms. The Morgan fingerprint density at radius 1 is 1.19 bits per heavy atom. The van der Waals surface area contributed by atoms with Gasteiger partial charge in [-0.15, -0.1) is 0 Å². The number of benzene rings is 2. The van der Waals surface area contributed by atoms with Crippen LogP contribution in [0, 0.1) is 0 Å². The van der Waals surface area contributed by atoms with Crippen LogP contribution in [0.1, 0.15) is 23.2 Å². The van der Waals surface area contributed by atoms with Crippen molar-refractivity contribution in [3.05, 3.63) is 48.0 Å². The lowest BCUT2D eigenvalue weighted by atomic mass is 10.1. The van der Waals surface area contributed by atoms with Gasteiger partial charge >= 0.3 is 5.97 Å². The minimum absolute atomic E-state index is 0.0697. The second-order valence-electron chi connectivity index (χ2n) is 5.74. The summed E-state index contributed by atoms with van der Waals surface area (Å²) in [6.07, 6.45) is 0.860. The number of aromatic carboxylic acids is 1. The number of primary sulfonamides is 1. The van der Waals surface area contributed by atoms with Crippen molar-refractivity contribution in [1.82, 2.24) is 0 Å². The van der Waals surface area contributed by atoms with Crippen LogP contribution in [0.25, 0.3) is 0 Å². The number of rotatable bonds is 5. The van der Waals surface area contributed by atoms with Gasteiger partial charge in [-0.05, 0) is 30.7 Å². The maximum absolute atomic E-state index is 12.2. The first-order valence-corrected chi connectivity index (χ1v) is 9.29. The van der Waals surface area contributed by atoms with Gasteiger partial charge in [0, 0.05) is 13.0 Å². The van der Waals surface area contributed by atoms with E-state index in [2.05, 4.69) is 0 Å². The molecule has 0 aliphatic carbocycles. The number of hydrogen-bond donors (Lipinski definition) is 2. The molecule has 1 saturated heterocycles. The van der Waals surface area contributed by atoms with Gasteiger partial charge in [0.05, 0.1) is 11.3 Å². The predicted molar refractivity (Wildman–Crippen MR) is 92.9 cm³/mol. The first-order chi connectivity index (χ1) is 12.3. The number of para-hydroxylation sites is 1. The minimum atomic E-state index is -4.31. The third-order valence-electron chi connectivity index (χ3n) is 3.92. The minimum Gasteiger partial charge on any atom is -0.478 e. The van der Waals surface area contributed by atoms with Crippen LogP contribution in [-0.2, 0) is 14.8 Å². The molecular formula is C17H16N2O6S. The summed E-state index contributed by atoms with van der Waals surface area (Å²) >= 11 is 0. The average Bonchev–Trinajstić information content (AvgIpc) is 3.00. The van der Waals surface area contributed by atoms with Crippen molar-refractivity contribution < 1.29 is 27.9 Å². The zero-order valence-electron chi connectivity index (χ0n) is 13.6. The highest BCUT2D eigenvalue weighted by Gasteiger charge is 2.30. The number of carbonyl (C=O) groups excluding carboxylic acids is 1. The molecule has 3 N–H and O–H groups in total. The second-order valence-corrected chi connectivity index (χ2v) is 7.27. The summed E-state index contributed by atoms with van der Waals surface area (Å²) in [5, 5.41) is 14.6. The number of carboxylic acid groups (broad SMARTS) is 1. The maximum atomic E-state index is 12.2. The Labute approximate surface area is 149 Å². The Morgan fingerprint density at radius 3 is 2.42 bits per heavy atom. The summed E-state index contributed by atoms with van der Waals surface area (Å²) in [6, 6.07) is 10.5. The van der Waals surface area contributed by atoms with E-state index in [1.165, 1.54) is 11.0 Å². The van der Waals surface area contributed by atoms with E-state index in [0.29, 0.717) is 18.7 Å². The van der Waals surface area contributed by atoms with Crippen molar-refractivity contribution in [2.75, 3.05) is 11.4 Å². The van der Waals surface area contributed by atoms with Gasteiger partial charge in [0.1, 0.15) is 10.6 Å². The molecule has 1 aliphatic heterocycles. The van der Waals surface area contributed by atoms with Gasteiger partial charge in [-0.2, -0.15) is 0 Å². The highest BCUT2D eigenvalue weighted by Crippen LogP contribution is 2.40. The topological polar surface area (TPSA) is 127 Å². The molecule has 9 heteroatoms. The molecular weight excluding hydrogens is 360 g/mol. The van der Waals surface area contributed by atoms with Crippen LogP contribution in [0.4, 0.5) is 5.69 Å². The van der Waals surface area contributed by atoms with Crippen LogP contribution in [0.15, 0.2) is 47.4 Å². The van der Waals surface area contributed by atoms with E-state index in [1.54, 1.807) is 30.3 Å². The monoisotopic (exact) mass is 376 g/mol. The molecule has 1 aliphatic rings. The molecule has 3 rings (SSSR count). The Morgan fingerprint density at radius 2 is 1.88 bits per heavy atom. The number of carbonyl (C=O) groups is 2. The van der Waals surface area contributed by atoms with Crippen molar-refractivity contribution >= 4 is 27.6 Å². The molecule has 0 radical (unpaired) electrons.